The number of halogens is 2. The standard InChI is InChI=1S/C18H16BrFN4O/c1-3-23(17-9-8-13(19)10-21-17)18(25)14-11-22-24(12(14)2)16-7-5-4-6-15(16)20/h4-11H,3H2,1-2H3. The molecule has 2 aromatic heterocycles. The van der Waals surface area contributed by atoms with Gasteiger partial charge in [0.05, 0.1) is 17.5 Å². The van der Waals surface area contributed by atoms with E-state index in [1.54, 1.807) is 42.3 Å². The Hall–Kier alpha value is -2.54. The van der Waals surface area contributed by atoms with Gasteiger partial charge in [-0.2, -0.15) is 5.10 Å². The van der Waals surface area contributed by atoms with Gasteiger partial charge in [-0.1, -0.05) is 12.1 Å². The van der Waals surface area contributed by atoms with Crippen LogP contribution in [0.15, 0.2) is 53.3 Å². The predicted molar refractivity (Wildman–Crippen MR) is 97.5 cm³/mol. The molecule has 0 aliphatic heterocycles. The summed E-state index contributed by atoms with van der Waals surface area (Å²) < 4.78 is 16.3. The fourth-order valence-corrected chi connectivity index (χ4v) is 2.80. The van der Waals surface area contributed by atoms with Gasteiger partial charge in [0.15, 0.2) is 0 Å². The van der Waals surface area contributed by atoms with Crippen LogP contribution in [0, 0.1) is 12.7 Å². The molecule has 25 heavy (non-hydrogen) atoms. The number of amides is 1. The number of rotatable bonds is 4. The summed E-state index contributed by atoms with van der Waals surface area (Å²) in [5.41, 5.74) is 1.30. The van der Waals surface area contributed by atoms with E-state index in [1.165, 1.54) is 16.9 Å². The summed E-state index contributed by atoms with van der Waals surface area (Å²) in [4.78, 5) is 18.8. The lowest BCUT2D eigenvalue weighted by Gasteiger charge is -2.19. The Labute approximate surface area is 153 Å². The van der Waals surface area contributed by atoms with E-state index in [-0.39, 0.29) is 5.91 Å². The molecule has 3 aromatic rings. The third-order valence-electron chi connectivity index (χ3n) is 3.87. The fraction of sp³-hybridized carbons (Fsp3) is 0.167. The summed E-state index contributed by atoms with van der Waals surface area (Å²) in [5, 5.41) is 4.19. The summed E-state index contributed by atoms with van der Waals surface area (Å²) in [5.74, 6) is -0.0687. The quantitative estimate of drug-likeness (QED) is 0.658. The normalized spacial score (nSPS) is 10.7. The summed E-state index contributed by atoms with van der Waals surface area (Å²) in [6.45, 7) is 4.07. The van der Waals surface area contributed by atoms with Gasteiger partial charge in [-0.15, -0.1) is 0 Å². The van der Waals surface area contributed by atoms with Crippen LogP contribution in [0.25, 0.3) is 5.69 Å². The minimum absolute atomic E-state index is 0.225. The highest BCUT2D eigenvalue weighted by atomic mass is 79.9. The van der Waals surface area contributed by atoms with E-state index in [4.69, 9.17) is 0 Å². The second-order valence-electron chi connectivity index (χ2n) is 5.39. The maximum atomic E-state index is 14.0. The molecular weight excluding hydrogens is 387 g/mol. The number of aromatic nitrogens is 3. The van der Waals surface area contributed by atoms with Crippen LogP contribution in [0.5, 0.6) is 0 Å². The van der Waals surface area contributed by atoms with Crippen molar-refractivity contribution >= 4 is 27.7 Å². The van der Waals surface area contributed by atoms with Crippen molar-refractivity contribution in [3.63, 3.8) is 0 Å². The summed E-state index contributed by atoms with van der Waals surface area (Å²) in [6.07, 6.45) is 3.10. The average molecular weight is 403 g/mol. The van der Waals surface area contributed by atoms with Gasteiger partial charge >= 0.3 is 0 Å². The zero-order valence-electron chi connectivity index (χ0n) is 13.8. The van der Waals surface area contributed by atoms with E-state index < -0.39 is 5.82 Å². The minimum atomic E-state index is -0.394. The molecule has 0 radical (unpaired) electrons. The first-order valence-electron chi connectivity index (χ1n) is 7.76. The first-order valence-corrected chi connectivity index (χ1v) is 8.55. The number of nitrogens with zero attached hydrogens (tertiary/aromatic N) is 4. The molecule has 2 heterocycles. The van der Waals surface area contributed by atoms with Gasteiger partial charge in [-0.05, 0) is 54.0 Å². The molecule has 0 N–H and O–H groups in total. The zero-order valence-corrected chi connectivity index (χ0v) is 15.4. The van der Waals surface area contributed by atoms with E-state index in [0.717, 1.165) is 4.47 Å². The molecule has 128 valence electrons. The van der Waals surface area contributed by atoms with Crippen molar-refractivity contribution in [1.29, 1.82) is 0 Å². The van der Waals surface area contributed by atoms with Crippen molar-refractivity contribution in [2.24, 2.45) is 0 Å². The molecule has 0 saturated heterocycles. The Morgan fingerprint density at radius 2 is 2.00 bits per heavy atom. The van der Waals surface area contributed by atoms with Gasteiger partial charge in [0.25, 0.3) is 5.91 Å². The Morgan fingerprint density at radius 1 is 1.24 bits per heavy atom. The minimum Gasteiger partial charge on any atom is -0.293 e. The van der Waals surface area contributed by atoms with Gasteiger partial charge in [0.1, 0.15) is 17.3 Å². The number of hydrogen-bond donors (Lipinski definition) is 0. The summed E-state index contributed by atoms with van der Waals surface area (Å²) >= 11 is 3.33. The van der Waals surface area contributed by atoms with Gasteiger partial charge in [0, 0.05) is 17.2 Å². The topological polar surface area (TPSA) is 51.0 Å². The number of carbonyl (C=O) groups is 1. The van der Waals surface area contributed by atoms with Crippen molar-refractivity contribution in [1.82, 2.24) is 14.8 Å². The Morgan fingerprint density at radius 3 is 2.64 bits per heavy atom. The predicted octanol–water partition coefficient (Wildman–Crippen LogP) is 4.14. The molecule has 0 aliphatic carbocycles. The molecule has 1 amide bonds. The molecule has 0 fully saturated rings. The van der Waals surface area contributed by atoms with Crippen LogP contribution >= 0.6 is 15.9 Å². The first-order chi connectivity index (χ1) is 12.0. The number of carbonyl (C=O) groups excluding carboxylic acids is 1. The molecule has 1 aromatic carbocycles. The lowest BCUT2D eigenvalue weighted by molar-refractivity contribution is 0.0987. The fourth-order valence-electron chi connectivity index (χ4n) is 2.57. The Kier molecular flexibility index (Phi) is 4.94. The third kappa shape index (κ3) is 3.32. The third-order valence-corrected chi connectivity index (χ3v) is 4.34. The summed E-state index contributed by atoms with van der Waals surface area (Å²) in [6, 6.07) is 9.92. The van der Waals surface area contributed by atoms with Gasteiger partial charge < -0.3 is 0 Å². The van der Waals surface area contributed by atoms with Crippen molar-refractivity contribution in [2.45, 2.75) is 13.8 Å². The Bertz CT molecular complexity index is 908. The van der Waals surface area contributed by atoms with E-state index in [0.29, 0.717) is 29.3 Å². The molecule has 0 aliphatic rings. The summed E-state index contributed by atoms with van der Waals surface area (Å²) in [7, 11) is 0. The molecule has 0 atom stereocenters. The van der Waals surface area contributed by atoms with Crippen molar-refractivity contribution in [3.8, 4) is 5.69 Å². The second-order valence-corrected chi connectivity index (χ2v) is 6.31. The molecule has 7 heteroatoms. The Balaban J connectivity index is 1.97. The molecule has 0 bridgehead atoms. The highest BCUT2D eigenvalue weighted by Gasteiger charge is 2.22. The van der Waals surface area contributed by atoms with Crippen LogP contribution in [0.3, 0.4) is 0 Å². The zero-order chi connectivity index (χ0) is 18.0. The molecular formula is C18H16BrFN4O. The van der Waals surface area contributed by atoms with Crippen LogP contribution in [0.4, 0.5) is 10.2 Å². The van der Waals surface area contributed by atoms with E-state index in [9.17, 15) is 9.18 Å². The van der Waals surface area contributed by atoms with Crippen molar-refractivity contribution < 1.29 is 9.18 Å². The van der Waals surface area contributed by atoms with E-state index >= 15 is 0 Å². The maximum absolute atomic E-state index is 14.0. The van der Waals surface area contributed by atoms with Crippen molar-refractivity contribution in [2.75, 3.05) is 11.4 Å². The number of pyridine rings is 1. The lowest BCUT2D eigenvalue weighted by Crippen LogP contribution is -2.31. The smallest absolute Gasteiger partial charge is 0.262 e. The van der Waals surface area contributed by atoms with Crippen LogP contribution in [0.2, 0.25) is 0 Å². The highest BCUT2D eigenvalue weighted by Crippen LogP contribution is 2.21. The molecule has 5 nitrogen and oxygen atoms in total. The van der Waals surface area contributed by atoms with Gasteiger partial charge in [0.2, 0.25) is 0 Å². The first kappa shape index (κ1) is 17.3. The van der Waals surface area contributed by atoms with Gasteiger partial charge in [-0.25, -0.2) is 14.1 Å². The monoisotopic (exact) mass is 402 g/mol. The molecule has 0 unspecified atom stereocenters. The van der Waals surface area contributed by atoms with Gasteiger partial charge in [-0.3, -0.25) is 9.69 Å². The maximum Gasteiger partial charge on any atom is 0.262 e. The average Bonchev–Trinajstić information content (AvgIpc) is 2.99. The van der Waals surface area contributed by atoms with Crippen LogP contribution in [-0.4, -0.2) is 27.2 Å². The van der Waals surface area contributed by atoms with Crippen molar-refractivity contribution in [3.05, 3.63) is 70.3 Å². The highest BCUT2D eigenvalue weighted by molar-refractivity contribution is 9.10. The van der Waals surface area contributed by atoms with Crippen LogP contribution in [0.1, 0.15) is 23.0 Å². The molecule has 0 spiro atoms. The number of hydrogen-bond acceptors (Lipinski definition) is 3. The molecule has 0 saturated carbocycles. The lowest BCUT2D eigenvalue weighted by atomic mass is 10.2. The number of benzene rings is 1. The van der Waals surface area contributed by atoms with E-state index in [2.05, 4.69) is 26.0 Å². The second kappa shape index (κ2) is 7.14. The SMILES string of the molecule is CCN(C(=O)c1cnn(-c2ccccc2F)c1C)c1ccc(Br)cn1. The van der Waals surface area contributed by atoms with E-state index in [1.807, 2.05) is 13.0 Å². The number of anilines is 1. The van der Waals surface area contributed by atoms with Crippen LogP contribution in [-0.2, 0) is 0 Å². The molecule has 3 rings (SSSR count). The largest absolute Gasteiger partial charge is 0.293 e. The number of para-hydroxylation sites is 1. The van der Waals surface area contributed by atoms with Crippen LogP contribution < -0.4 is 4.90 Å².